The number of para-hydroxylation sites is 1. The molecule has 0 heterocycles. The molecular weight excluding hydrogens is 444 g/mol. The molecule has 1 aromatic carbocycles. The fourth-order valence-electron chi connectivity index (χ4n) is 3.39. The number of unbranched alkanes of at least 4 members (excludes halogenated alkanes) is 11. The number of aliphatic carboxylic acids is 1. The molecule has 1 aromatic rings. The van der Waals surface area contributed by atoms with Gasteiger partial charge in [-0.3, -0.25) is 4.79 Å². The molecule has 35 heavy (non-hydrogen) atoms. The van der Waals surface area contributed by atoms with Gasteiger partial charge in [-0.2, -0.15) is 0 Å². The SMILES string of the molecule is CCCCCCCC/C=C\CCCCCCCC(=O)O.OCC(CO)(CO)COc1ccccc1. The predicted octanol–water partition coefficient (Wildman–Crippen LogP) is 6.14. The Balaban J connectivity index is 0.000000686. The summed E-state index contributed by atoms with van der Waals surface area (Å²) in [4.78, 5) is 10.3. The lowest BCUT2D eigenvalue weighted by atomic mass is 9.93. The Bertz CT molecular complexity index is 605. The summed E-state index contributed by atoms with van der Waals surface area (Å²) in [6.07, 6.45) is 21.2. The van der Waals surface area contributed by atoms with E-state index in [1.165, 1.54) is 70.6 Å². The first-order chi connectivity index (χ1) is 17.0. The molecule has 0 amide bonds. The van der Waals surface area contributed by atoms with Crippen molar-refractivity contribution < 1.29 is 30.0 Å². The molecule has 202 valence electrons. The summed E-state index contributed by atoms with van der Waals surface area (Å²) >= 11 is 0. The van der Waals surface area contributed by atoms with Gasteiger partial charge >= 0.3 is 5.97 Å². The second-order valence-corrected chi connectivity index (χ2v) is 9.30. The van der Waals surface area contributed by atoms with E-state index in [1.54, 1.807) is 12.1 Å². The van der Waals surface area contributed by atoms with Gasteiger partial charge in [0, 0.05) is 6.42 Å². The summed E-state index contributed by atoms with van der Waals surface area (Å²) in [5.74, 6) is -0.0140. The van der Waals surface area contributed by atoms with Crippen molar-refractivity contribution in [2.45, 2.75) is 96.8 Å². The Labute approximate surface area is 213 Å². The maximum atomic E-state index is 10.3. The normalized spacial score (nSPS) is 11.3. The number of hydrogen-bond acceptors (Lipinski definition) is 5. The van der Waals surface area contributed by atoms with Crippen LogP contribution in [0.4, 0.5) is 0 Å². The summed E-state index contributed by atoms with van der Waals surface area (Å²) in [7, 11) is 0. The quantitative estimate of drug-likeness (QED) is 0.121. The van der Waals surface area contributed by atoms with Crippen molar-refractivity contribution >= 4 is 5.97 Å². The highest BCUT2D eigenvalue weighted by Gasteiger charge is 2.29. The van der Waals surface area contributed by atoms with Crippen molar-refractivity contribution in [3.63, 3.8) is 0 Å². The highest BCUT2D eigenvalue weighted by Crippen LogP contribution is 2.18. The van der Waals surface area contributed by atoms with Gasteiger partial charge in [-0.05, 0) is 44.2 Å². The Morgan fingerprint density at radius 2 is 1.26 bits per heavy atom. The zero-order valence-corrected chi connectivity index (χ0v) is 21.9. The molecular formula is C29H50O6. The minimum absolute atomic E-state index is 0.0838. The Morgan fingerprint density at radius 1 is 0.771 bits per heavy atom. The van der Waals surface area contributed by atoms with E-state index in [0.717, 1.165) is 12.8 Å². The van der Waals surface area contributed by atoms with Crippen molar-refractivity contribution in [2.24, 2.45) is 5.41 Å². The van der Waals surface area contributed by atoms with Crippen LogP contribution in [-0.4, -0.2) is 52.8 Å². The number of carboxylic acids is 1. The standard InChI is InChI=1S/C18H34O2.C11H16O4/c1-2-3-4-5-6-7-8-9-10-11-12-13-14-15-16-17-18(19)20;12-6-11(7-13,8-14)9-15-10-4-2-1-3-5-10/h9-10H,2-8,11-17H2,1H3,(H,19,20);1-5,12-14H,6-9H2/b10-9-;. The summed E-state index contributed by atoms with van der Waals surface area (Å²) in [6, 6.07) is 9.07. The number of allylic oxidation sites excluding steroid dienone is 2. The van der Waals surface area contributed by atoms with Crippen LogP contribution in [0.3, 0.4) is 0 Å². The first-order valence-electron chi connectivity index (χ1n) is 13.4. The highest BCUT2D eigenvalue weighted by molar-refractivity contribution is 5.66. The molecule has 0 spiro atoms. The van der Waals surface area contributed by atoms with Gasteiger partial charge in [-0.1, -0.05) is 88.6 Å². The fraction of sp³-hybridized carbons (Fsp3) is 0.690. The topological polar surface area (TPSA) is 107 Å². The van der Waals surface area contributed by atoms with E-state index >= 15 is 0 Å². The van der Waals surface area contributed by atoms with Crippen LogP contribution in [0.5, 0.6) is 5.75 Å². The lowest BCUT2D eigenvalue weighted by Gasteiger charge is -2.26. The third-order valence-corrected chi connectivity index (χ3v) is 5.95. The minimum atomic E-state index is -0.976. The first-order valence-corrected chi connectivity index (χ1v) is 13.4. The number of rotatable bonds is 21. The zero-order chi connectivity index (χ0) is 26.0. The van der Waals surface area contributed by atoms with Crippen LogP contribution < -0.4 is 4.74 Å². The Morgan fingerprint density at radius 3 is 1.74 bits per heavy atom. The monoisotopic (exact) mass is 494 g/mol. The number of ether oxygens (including phenoxy) is 1. The average Bonchev–Trinajstić information content (AvgIpc) is 2.88. The molecule has 0 aromatic heterocycles. The van der Waals surface area contributed by atoms with Crippen molar-refractivity contribution in [3.8, 4) is 5.75 Å². The van der Waals surface area contributed by atoms with Crippen molar-refractivity contribution in [2.75, 3.05) is 26.4 Å². The number of aliphatic hydroxyl groups excluding tert-OH is 3. The van der Waals surface area contributed by atoms with Gasteiger partial charge < -0.3 is 25.2 Å². The van der Waals surface area contributed by atoms with E-state index in [9.17, 15) is 4.79 Å². The Hall–Kier alpha value is -1.89. The molecule has 6 nitrogen and oxygen atoms in total. The lowest BCUT2D eigenvalue weighted by molar-refractivity contribution is -0.137. The minimum Gasteiger partial charge on any atom is -0.493 e. The molecule has 0 fully saturated rings. The smallest absolute Gasteiger partial charge is 0.303 e. The van der Waals surface area contributed by atoms with E-state index in [2.05, 4.69) is 19.1 Å². The van der Waals surface area contributed by atoms with Gasteiger partial charge in [-0.25, -0.2) is 0 Å². The molecule has 0 aliphatic heterocycles. The second kappa shape index (κ2) is 23.8. The maximum absolute atomic E-state index is 10.3. The first kappa shape index (κ1) is 33.1. The number of carboxylic acid groups (broad SMARTS) is 1. The molecule has 0 atom stereocenters. The summed E-state index contributed by atoms with van der Waals surface area (Å²) in [5.41, 5.74) is -0.976. The second-order valence-electron chi connectivity index (χ2n) is 9.30. The van der Waals surface area contributed by atoms with Crippen molar-refractivity contribution in [1.29, 1.82) is 0 Å². The predicted molar refractivity (Wildman–Crippen MR) is 143 cm³/mol. The molecule has 0 radical (unpaired) electrons. The van der Waals surface area contributed by atoms with E-state index in [0.29, 0.717) is 12.2 Å². The van der Waals surface area contributed by atoms with Crippen LogP contribution in [0.25, 0.3) is 0 Å². The van der Waals surface area contributed by atoms with E-state index in [-0.39, 0.29) is 26.4 Å². The van der Waals surface area contributed by atoms with Gasteiger partial charge in [0.15, 0.2) is 0 Å². The Kier molecular flexibility index (Phi) is 22.5. The maximum Gasteiger partial charge on any atom is 0.303 e. The van der Waals surface area contributed by atoms with E-state index in [4.69, 9.17) is 25.2 Å². The summed E-state index contributed by atoms with van der Waals surface area (Å²) in [5, 5.41) is 35.7. The third-order valence-electron chi connectivity index (χ3n) is 5.95. The molecule has 0 saturated carbocycles. The third kappa shape index (κ3) is 20.0. The number of hydrogen-bond donors (Lipinski definition) is 4. The van der Waals surface area contributed by atoms with Crippen LogP contribution in [0, 0.1) is 5.41 Å². The van der Waals surface area contributed by atoms with Crippen molar-refractivity contribution in [3.05, 3.63) is 42.5 Å². The van der Waals surface area contributed by atoms with Crippen molar-refractivity contribution in [1.82, 2.24) is 0 Å². The highest BCUT2D eigenvalue weighted by atomic mass is 16.5. The molecule has 0 bridgehead atoms. The summed E-state index contributed by atoms with van der Waals surface area (Å²) in [6.45, 7) is 1.40. The van der Waals surface area contributed by atoms with Crippen LogP contribution in [0.15, 0.2) is 42.5 Å². The number of carbonyl (C=O) groups is 1. The molecule has 0 unspecified atom stereocenters. The average molecular weight is 495 g/mol. The van der Waals surface area contributed by atoms with Crippen LogP contribution >= 0.6 is 0 Å². The number of benzene rings is 1. The van der Waals surface area contributed by atoms with Gasteiger partial charge in [0.25, 0.3) is 0 Å². The van der Waals surface area contributed by atoms with E-state index < -0.39 is 11.4 Å². The van der Waals surface area contributed by atoms with Crippen LogP contribution in [0.2, 0.25) is 0 Å². The van der Waals surface area contributed by atoms with Gasteiger partial charge in [0.2, 0.25) is 0 Å². The largest absolute Gasteiger partial charge is 0.493 e. The van der Waals surface area contributed by atoms with Gasteiger partial charge in [0.05, 0.1) is 25.2 Å². The number of aliphatic hydroxyl groups is 3. The van der Waals surface area contributed by atoms with E-state index in [1.807, 2.05) is 18.2 Å². The molecule has 1 rings (SSSR count). The summed E-state index contributed by atoms with van der Waals surface area (Å²) < 4.78 is 5.36. The van der Waals surface area contributed by atoms with Crippen LogP contribution in [0.1, 0.15) is 96.8 Å². The lowest BCUT2D eigenvalue weighted by Crippen LogP contribution is -2.39. The fourth-order valence-corrected chi connectivity index (χ4v) is 3.39. The van der Waals surface area contributed by atoms with Crippen LogP contribution in [-0.2, 0) is 4.79 Å². The molecule has 0 aliphatic rings. The van der Waals surface area contributed by atoms with Gasteiger partial charge in [0.1, 0.15) is 12.4 Å². The van der Waals surface area contributed by atoms with Gasteiger partial charge in [-0.15, -0.1) is 0 Å². The molecule has 6 heteroatoms. The zero-order valence-electron chi connectivity index (χ0n) is 21.9. The molecule has 4 N–H and O–H groups in total. The molecule has 0 aliphatic carbocycles. The molecule has 0 saturated heterocycles.